The van der Waals surface area contributed by atoms with E-state index in [1.165, 1.54) is 25.7 Å². The van der Waals surface area contributed by atoms with Gasteiger partial charge in [-0.25, -0.2) is 0 Å². The minimum atomic E-state index is -0.750. The van der Waals surface area contributed by atoms with Gasteiger partial charge in [-0.3, -0.25) is 4.79 Å². The maximum Gasteiger partial charge on any atom is 0.312 e. The van der Waals surface area contributed by atoms with E-state index < -0.39 is 11.9 Å². The van der Waals surface area contributed by atoms with Crippen LogP contribution in [0.4, 0.5) is 0 Å². The Kier molecular flexibility index (Phi) is 5.60. The summed E-state index contributed by atoms with van der Waals surface area (Å²) in [5.74, 6) is 0.265. The summed E-state index contributed by atoms with van der Waals surface area (Å²) in [5, 5.41) is 12.8. The first kappa shape index (κ1) is 15.0. The molecule has 3 atom stereocenters. The lowest BCUT2D eigenvalue weighted by molar-refractivity contribution is -0.138. The van der Waals surface area contributed by atoms with E-state index in [2.05, 4.69) is 12.2 Å². The van der Waals surface area contributed by atoms with Gasteiger partial charge in [0, 0.05) is 6.54 Å². The second kappa shape index (κ2) is 7.44. The summed E-state index contributed by atoms with van der Waals surface area (Å²) in [4.78, 5) is 11.4. The van der Waals surface area contributed by atoms with Crippen LogP contribution in [0.25, 0.3) is 0 Å². The number of carbonyl (C=O) groups is 1. The summed E-state index contributed by atoms with van der Waals surface area (Å²) < 4.78 is 0. The minimum absolute atomic E-state index is 0.449. The summed E-state index contributed by atoms with van der Waals surface area (Å²) >= 11 is 0. The van der Waals surface area contributed by atoms with Crippen LogP contribution in [-0.4, -0.2) is 24.2 Å². The fourth-order valence-electron chi connectivity index (χ4n) is 3.14. The van der Waals surface area contributed by atoms with Crippen molar-refractivity contribution in [2.75, 3.05) is 13.1 Å². The van der Waals surface area contributed by atoms with Crippen molar-refractivity contribution in [1.82, 2.24) is 5.32 Å². The Labute approximate surface area is 121 Å². The molecule has 0 amide bonds. The van der Waals surface area contributed by atoms with Crippen molar-refractivity contribution in [3.8, 4) is 0 Å². The van der Waals surface area contributed by atoms with Crippen molar-refractivity contribution in [2.24, 2.45) is 11.8 Å². The fourth-order valence-corrected chi connectivity index (χ4v) is 3.14. The SMILES string of the molecule is CC1CCCCC1CNCC(C(=O)O)c1ccccc1. The Morgan fingerprint density at radius 3 is 2.65 bits per heavy atom. The third-order valence-corrected chi connectivity index (χ3v) is 4.54. The molecule has 0 aliphatic heterocycles. The molecule has 0 heterocycles. The topological polar surface area (TPSA) is 49.3 Å². The van der Waals surface area contributed by atoms with Gasteiger partial charge in [-0.1, -0.05) is 56.5 Å². The number of carboxylic acids is 1. The van der Waals surface area contributed by atoms with Gasteiger partial charge in [0.1, 0.15) is 0 Å². The van der Waals surface area contributed by atoms with E-state index in [1.807, 2.05) is 30.3 Å². The molecule has 0 saturated heterocycles. The van der Waals surface area contributed by atoms with Crippen LogP contribution in [0.15, 0.2) is 30.3 Å². The molecule has 110 valence electrons. The van der Waals surface area contributed by atoms with Crippen molar-refractivity contribution in [2.45, 2.75) is 38.5 Å². The van der Waals surface area contributed by atoms with E-state index in [4.69, 9.17) is 0 Å². The average molecular weight is 275 g/mol. The number of hydrogen-bond acceptors (Lipinski definition) is 2. The zero-order chi connectivity index (χ0) is 14.4. The van der Waals surface area contributed by atoms with Gasteiger partial charge in [-0.05, 0) is 30.4 Å². The Hall–Kier alpha value is -1.35. The van der Waals surface area contributed by atoms with Crippen LogP contribution in [-0.2, 0) is 4.79 Å². The maximum atomic E-state index is 11.4. The molecule has 1 saturated carbocycles. The molecular formula is C17H25NO2. The first-order valence-electron chi connectivity index (χ1n) is 7.67. The molecule has 0 bridgehead atoms. The lowest BCUT2D eigenvalue weighted by Crippen LogP contribution is -2.33. The van der Waals surface area contributed by atoms with E-state index in [9.17, 15) is 9.90 Å². The van der Waals surface area contributed by atoms with Crippen LogP contribution in [0.5, 0.6) is 0 Å². The normalized spacial score (nSPS) is 24.2. The van der Waals surface area contributed by atoms with Crippen molar-refractivity contribution >= 4 is 5.97 Å². The van der Waals surface area contributed by atoms with E-state index in [0.29, 0.717) is 12.5 Å². The van der Waals surface area contributed by atoms with Gasteiger partial charge < -0.3 is 10.4 Å². The van der Waals surface area contributed by atoms with E-state index >= 15 is 0 Å². The van der Waals surface area contributed by atoms with Crippen LogP contribution in [0.1, 0.15) is 44.1 Å². The molecule has 1 aromatic rings. The Morgan fingerprint density at radius 1 is 1.30 bits per heavy atom. The molecule has 1 fully saturated rings. The van der Waals surface area contributed by atoms with Gasteiger partial charge in [-0.2, -0.15) is 0 Å². The highest BCUT2D eigenvalue weighted by Crippen LogP contribution is 2.29. The van der Waals surface area contributed by atoms with Gasteiger partial charge in [-0.15, -0.1) is 0 Å². The van der Waals surface area contributed by atoms with Crippen molar-refractivity contribution in [3.05, 3.63) is 35.9 Å². The van der Waals surface area contributed by atoms with Crippen LogP contribution in [0, 0.1) is 11.8 Å². The minimum Gasteiger partial charge on any atom is -0.481 e. The number of rotatable bonds is 6. The monoisotopic (exact) mass is 275 g/mol. The molecule has 1 aromatic carbocycles. The number of aliphatic carboxylic acids is 1. The summed E-state index contributed by atoms with van der Waals surface area (Å²) in [6, 6.07) is 9.50. The molecule has 2 N–H and O–H groups in total. The Balaban J connectivity index is 1.85. The maximum absolute atomic E-state index is 11.4. The standard InChI is InChI=1S/C17H25NO2/c1-13-7-5-6-10-15(13)11-18-12-16(17(19)20)14-8-3-2-4-9-14/h2-4,8-9,13,15-16,18H,5-7,10-12H2,1H3,(H,19,20). The van der Waals surface area contributed by atoms with E-state index in [1.54, 1.807) is 0 Å². The Bertz CT molecular complexity index is 418. The molecule has 20 heavy (non-hydrogen) atoms. The van der Waals surface area contributed by atoms with E-state index in [-0.39, 0.29) is 0 Å². The summed E-state index contributed by atoms with van der Waals surface area (Å²) in [6.45, 7) is 3.78. The first-order valence-corrected chi connectivity index (χ1v) is 7.67. The molecule has 1 aliphatic carbocycles. The molecule has 0 radical (unpaired) electrons. The fraction of sp³-hybridized carbons (Fsp3) is 0.588. The number of hydrogen-bond donors (Lipinski definition) is 2. The van der Waals surface area contributed by atoms with Gasteiger partial charge in [0.05, 0.1) is 5.92 Å². The summed E-state index contributed by atoms with van der Waals surface area (Å²) in [7, 11) is 0. The first-order chi connectivity index (χ1) is 9.68. The zero-order valence-electron chi connectivity index (χ0n) is 12.2. The second-order valence-corrected chi connectivity index (χ2v) is 5.98. The smallest absolute Gasteiger partial charge is 0.312 e. The van der Waals surface area contributed by atoms with Crippen LogP contribution in [0.2, 0.25) is 0 Å². The molecule has 3 heteroatoms. The number of carboxylic acid groups (broad SMARTS) is 1. The molecule has 0 spiro atoms. The third kappa shape index (κ3) is 4.07. The van der Waals surface area contributed by atoms with Gasteiger partial charge in [0.2, 0.25) is 0 Å². The van der Waals surface area contributed by atoms with Crippen molar-refractivity contribution < 1.29 is 9.90 Å². The van der Waals surface area contributed by atoms with E-state index in [0.717, 1.165) is 18.0 Å². The molecule has 0 aromatic heterocycles. The lowest BCUT2D eigenvalue weighted by Gasteiger charge is -2.29. The molecular weight excluding hydrogens is 250 g/mol. The second-order valence-electron chi connectivity index (χ2n) is 5.98. The highest BCUT2D eigenvalue weighted by Gasteiger charge is 2.23. The van der Waals surface area contributed by atoms with Gasteiger partial charge >= 0.3 is 5.97 Å². The molecule has 3 nitrogen and oxygen atoms in total. The van der Waals surface area contributed by atoms with Gasteiger partial charge in [0.25, 0.3) is 0 Å². The van der Waals surface area contributed by atoms with Crippen LogP contribution in [0.3, 0.4) is 0 Å². The number of benzene rings is 1. The predicted molar refractivity (Wildman–Crippen MR) is 80.8 cm³/mol. The molecule has 3 unspecified atom stereocenters. The average Bonchev–Trinajstić information content (AvgIpc) is 2.46. The largest absolute Gasteiger partial charge is 0.481 e. The van der Waals surface area contributed by atoms with Crippen molar-refractivity contribution in [1.29, 1.82) is 0 Å². The van der Waals surface area contributed by atoms with Crippen molar-refractivity contribution in [3.63, 3.8) is 0 Å². The van der Waals surface area contributed by atoms with Crippen LogP contribution < -0.4 is 5.32 Å². The predicted octanol–water partition coefficient (Wildman–Crippen LogP) is 3.27. The molecule has 2 rings (SSSR count). The number of nitrogens with one attached hydrogen (secondary N) is 1. The lowest BCUT2D eigenvalue weighted by atomic mass is 9.80. The summed E-state index contributed by atoms with van der Waals surface area (Å²) in [5.41, 5.74) is 0.879. The molecule has 1 aliphatic rings. The highest BCUT2D eigenvalue weighted by molar-refractivity contribution is 5.76. The highest BCUT2D eigenvalue weighted by atomic mass is 16.4. The summed E-state index contributed by atoms with van der Waals surface area (Å²) in [6.07, 6.45) is 5.25. The Morgan fingerprint density at radius 2 is 2.00 bits per heavy atom. The van der Waals surface area contributed by atoms with Crippen LogP contribution >= 0.6 is 0 Å². The quantitative estimate of drug-likeness (QED) is 0.837. The third-order valence-electron chi connectivity index (χ3n) is 4.54. The zero-order valence-corrected chi connectivity index (χ0v) is 12.2. The van der Waals surface area contributed by atoms with Gasteiger partial charge in [0.15, 0.2) is 0 Å².